The minimum Gasteiger partial charge on any atom is -0.468 e. The summed E-state index contributed by atoms with van der Waals surface area (Å²) in [4.78, 5) is 35.0. The molecule has 0 radical (unpaired) electrons. The summed E-state index contributed by atoms with van der Waals surface area (Å²) < 4.78 is 41.5. The lowest BCUT2D eigenvalue weighted by Gasteiger charge is -2.33. The quantitative estimate of drug-likeness (QED) is 0.711. The van der Waals surface area contributed by atoms with Crippen molar-refractivity contribution in [3.8, 4) is 5.88 Å². The van der Waals surface area contributed by atoms with E-state index in [0.717, 1.165) is 12.8 Å². The summed E-state index contributed by atoms with van der Waals surface area (Å²) in [6.45, 7) is 4.17. The lowest BCUT2D eigenvalue weighted by atomic mass is 10.1. The first kappa shape index (κ1) is 22.6. The molecule has 0 bridgehead atoms. The molecule has 31 heavy (non-hydrogen) atoms. The van der Waals surface area contributed by atoms with Crippen LogP contribution in [0.5, 0.6) is 5.88 Å². The van der Waals surface area contributed by atoms with E-state index in [1.807, 2.05) is 6.92 Å². The number of alkyl halides is 3. The minimum atomic E-state index is -4.47. The Morgan fingerprint density at radius 1 is 1.23 bits per heavy atom. The van der Waals surface area contributed by atoms with E-state index in [0.29, 0.717) is 29.5 Å². The number of carbonyl (C=O) groups excluding carboxylic acids is 2. The van der Waals surface area contributed by atoms with E-state index in [4.69, 9.17) is 0 Å². The van der Waals surface area contributed by atoms with E-state index in [2.05, 4.69) is 25.3 Å². The summed E-state index contributed by atoms with van der Waals surface area (Å²) in [7, 11) is 0. The fourth-order valence-electron chi connectivity index (χ4n) is 3.04. The van der Waals surface area contributed by atoms with Gasteiger partial charge in [0.15, 0.2) is 6.61 Å². The molecule has 1 saturated carbocycles. The molecule has 2 N–H and O–H groups in total. The van der Waals surface area contributed by atoms with Crippen LogP contribution in [0.1, 0.15) is 32.3 Å². The Hall–Kier alpha value is -3.11. The van der Waals surface area contributed by atoms with Crippen LogP contribution in [0.15, 0.2) is 29.0 Å². The zero-order valence-corrected chi connectivity index (χ0v) is 17.4. The number of allylic oxidation sites excluding steroid dienone is 1. The second kappa shape index (κ2) is 8.94. The fourth-order valence-corrected chi connectivity index (χ4v) is 3.04. The molecule has 11 heteroatoms. The minimum absolute atomic E-state index is 0.00769. The Balaban J connectivity index is 1.70. The van der Waals surface area contributed by atoms with E-state index in [1.165, 1.54) is 12.3 Å². The Morgan fingerprint density at radius 3 is 2.52 bits per heavy atom. The van der Waals surface area contributed by atoms with Gasteiger partial charge >= 0.3 is 6.18 Å². The number of guanidine groups is 1. The SMILES string of the molecule is CCN1C(NC(=O)C2CC2)=NC(C)=CC1C(=O)Nc1cnc(OCC(F)(F)F)cc1C. The number of hydrogen-bond donors (Lipinski definition) is 2. The molecule has 0 saturated heterocycles. The van der Waals surface area contributed by atoms with Gasteiger partial charge in [0.05, 0.1) is 11.9 Å². The molecule has 2 heterocycles. The van der Waals surface area contributed by atoms with Gasteiger partial charge in [0.2, 0.25) is 17.7 Å². The maximum Gasteiger partial charge on any atom is 0.422 e. The number of aliphatic imine (C=N–C) groups is 1. The third kappa shape index (κ3) is 5.96. The molecule has 1 aromatic heterocycles. The van der Waals surface area contributed by atoms with Crippen molar-refractivity contribution in [2.45, 2.75) is 45.8 Å². The van der Waals surface area contributed by atoms with Gasteiger partial charge in [-0.2, -0.15) is 13.2 Å². The molecule has 2 amide bonds. The highest BCUT2D eigenvalue weighted by Gasteiger charge is 2.34. The first-order chi connectivity index (χ1) is 14.6. The number of ether oxygens (including phenoxy) is 1. The number of rotatable bonds is 6. The summed E-state index contributed by atoms with van der Waals surface area (Å²) in [5.74, 6) is -0.366. The Bertz CT molecular complexity index is 925. The van der Waals surface area contributed by atoms with Crippen molar-refractivity contribution in [3.05, 3.63) is 29.6 Å². The molecule has 2 aliphatic rings. The van der Waals surface area contributed by atoms with Gasteiger partial charge in [-0.3, -0.25) is 14.9 Å². The van der Waals surface area contributed by atoms with Gasteiger partial charge in [-0.1, -0.05) is 0 Å². The third-order valence-corrected chi connectivity index (χ3v) is 4.81. The average Bonchev–Trinajstić information content (AvgIpc) is 3.52. The molecular formula is C20H24F3N5O3. The highest BCUT2D eigenvalue weighted by atomic mass is 19.4. The van der Waals surface area contributed by atoms with Crippen LogP contribution in [0.25, 0.3) is 0 Å². The second-order valence-electron chi connectivity index (χ2n) is 7.47. The normalized spacial score (nSPS) is 18.8. The molecule has 1 unspecified atom stereocenters. The predicted molar refractivity (Wildman–Crippen MR) is 107 cm³/mol. The Kier molecular flexibility index (Phi) is 6.51. The zero-order chi connectivity index (χ0) is 22.8. The molecule has 1 fully saturated rings. The number of aromatic nitrogens is 1. The molecule has 168 valence electrons. The lowest BCUT2D eigenvalue weighted by Crippen LogP contribution is -2.54. The number of carbonyl (C=O) groups is 2. The smallest absolute Gasteiger partial charge is 0.422 e. The van der Waals surface area contributed by atoms with Gasteiger partial charge in [-0.15, -0.1) is 0 Å². The number of aryl methyl sites for hydroxylation is 1. The molecule has 1 aliphatic heterocycles. The number of pyridine rings is 1. The fraction of sp³-hybridized carbons (Fsp3) is 0.500. The van der Waals surface area contributed by atoms with Gasteiger partial charge in [-0.05, 0) is 45.3 Å². The maximum atomic E-state index is 13.0. The van der Waals surface area contributed by atoms with Crippen LogP contribution in [0, 0.1) is 12.8 Å². The largest absolute Gasteiger partial charge is 0.468 e. The van der Waals surface area contributed by atoms with Crippen molar-refractivity contribution in [1.82, 2.24) is 15.2 Å². The second-order valence-corrected chi connectivity index (χ2v) is 7.47. The van der Waals surface area contributed by atoms with E-state index in [-0.39, 0.29) is 23.6 Å². The van der Waals surface area contributed by atoms with Gasteiger partial charge in [0, 0.05) is 24.2 Å². The van der Waals surface area contributed by atoms with E-state index in [9.17, 15) is 22.8 Å². The molecule has 0 aromatic carbocycles. The summed E-state index contributed by atoms with van der Waals surface area (Å²) in [6, 6.07) is 0.599. The lowest BCUT2D eigenvalue weighted by molar-refractivity contribution is -0.154. The van der Waals surface area contributed by atoms with E-state index >= 15 is 0 Å². The summed E-state index contributed by atoms with van der Waals surface area (Å²) in [5.41, 5.74) is 1.43. The monoisotopic (exact) mass is 439 g/mol. The molecule has 0 spiro atoms. The first-order valence-electron chi connectivity index (χ1n) is 9.89. The van der Waals surface area contributed by atoms with Crippen LogP contribution in [0.3, 0.4) is 0 Å². The van der Waals surface area contributed by atoms with Crippen molar-refractivity contribution >= 4 is 23.5 Å². The van der Waals surface area contributed by atoms with E-state index in [1.54, 1.807) is 24.8 Å². The molecule has 1 aliphatic carbocycles. The van der Waals surface area contributed by atoms with Gasteiger partial charge in [0.1, 0.15) is 6.04 Å². The molecule has 8 nitrogen and oxygen atoms in total. The van der Waals surface area contributed by atoms with Crippen molar-refractivity contribution in [2.75, 3.05) is 18.5 Å². The number of nitrogens with zero attached hydrogens (tertiary/aromatic N) is 3. The van der Waals surface area contributed by atoms with Crippen molar-refractivity contribution in [2.24, 2.45) is 10.9 Å². The molecule has 1 atom stereocenters. The van der Waals surface area contributed by atoms with Crippen LogP contribution < -0.4 is 15.4 Å². The van der Waals surface area contributed by atoms with Crippen molar-refractivity contribution in [3.63, 3.8) is 0 Å². The van der Waals surface area contributed by atoms with Gasteiger partial charge in [0.25, 0.3) is 5.91 Å². The Labute approximate surface area is 177 Å². The van der Waals surface area contributed by atoms with Crippen LogP contribution in [0.2, 0.25) is 0 Å². The zero-order valence-electron chi connectivity index (χ0n) is 17.4. The summed E-state index contributed by atoms with van der Waals surface area (Å²) in [6.07, 6.45) is 0.150. The highest BCUT2D eigenvalue weighted by Crippen LogP contribution is 2.29. The molecule has 3 rings (SSSR count). The Morgan fingerprint density at radius 2 is 1.94 bits per heavy atom. The molecular weight excluding hydrogens is 415 g/mol. The number of anilines is 1. The van der Waals surface area contributed by atoms with Crippen molar-refractivity contribution in [1.29, 1.82) is 0 Å². The maximum absolute atomic E-state index is 13.0. The number of likely N-dealkylation sites (N-methyl/N-ethyl adjacent to an activating group) is 1. The number of amides is 2. The topological polar surface area (TPSA) is 95.9 Å². The first-order valence-corrected chi connectivity index (χ1v) is 9.89. The van der Waals surface area contributed by atoms with E-state index < -0.39 is 18.8 Å². The number of nitrogens with one attached hydrogen (secondary N) is 2. The van der Waals surface area contributed by atoms with Crippen LogP contribution in [-0.4, -0.2) is 53.0 Å². The number of hydrogen-bond acceptors (Lipinski definition) is 6. The standard InChI is InChI=1S/C20H24F3N5O3/c1-4-28-15(8-12(3)25-19(28)27-17(29)13-5-6-13)18(30)26-14-9-24-16(7-11(14)2)31-10-20(21,22)23/h7-9,13,15H,4-6,10H2,1-3H3,(H,26,30)(H,25,27,29). The highest BCUT2D eigenvalue weighted by molar-refractivity contribution is 6.04. The third-order valence-electron chi connectivity index (χ3n) is 4.81. The average molecular weight is 439 g/mol. The number of halogens is 3. The van der Waals surface area contributed by atoms with Crippen LogP contribution in [0.4, 0.5) is 18.9 Å². The van der Waals surface area contributed by atoms with Gasteiger partial charge in [-0.25, -0.2) is 9.98 Å². The van der Waals surface area contributed by atoms with Gasteiger partial charge < -0.3 is 15.0 Å². The van der Waals surface area contributed by atoms with Crippen LogP contribution >= 0.6 is 0 Å². The van der Waals surface area contributed by atoms with Crippen LogP contribution in [-0.2, 0) is 9.59 Å². The summed E-state index contributed by atoms with van der Waals surface area (Å²) >= 11 is 0. The van der Waals surface area contributed by atoms with Crippen molar-refractivity contribution < 1.29 is 27.5 Å². The summed E-state index contributed by atoms with van der Waals surface area (Å²) in [5, 5.41) is 5.54. The molecule has 1 aromatic rings. The predicted octanol–water partition coefficient (Wildman–Crippen LogP) is 2.76.